The predicted molar refractivity (Wildman–Crippen MR) is 176 cm³/mol. The van der Waals surface area contributed by atoms with Crippen molar-refractivity contribution in [1.29, 1.82) is 0 Å². The second kappa shape index (κ2) is 14.9. The predicted octanol–water partition coefficient (Wildman–Crippen LogP) is 6.92. The summed E-state index contributed by atoms with van der Waals surface area (Å²) in [4.78, 5) is 22.1. The number of pyridine rings is 1. The van der Waals surface area contributed by atoms with E-state index in [-0.39, 0.29) is 11.4 Å². The van der Waals surface area contributed by atoms with Gasteiger partial charge in [-0.2, -0.15) is 0 Å². The van der Waals surface area contributed by atoms with Crippen LogP contribution in [0.15, 0.2) is 48.7 Å². The van der Waals surface area contributed by atoms with Gasteiger partial charge in [-0.1, -0.05) is 20.8 Å². The molecule has 5 rings (SSSR count). The molecule has 0 saturated carbocycles. The van der Waals surface area contributed by atoms with Crippen molar-refractivity contribution in [3.63, 3.8) is 0 Å². The Bertz CT molecular complexity index is 1360. The van der Waals surface area contributed by atoms with Crippen LogP contribution in [0, 0.1) is 5.41 Å². The molecule has 0 spiro atoms. The summed E-state index contributed by atoms with van der Waals surface area (Å²) in [5, 5.41) is 6.61. The molecule has 0 atom stereocenters. The van der Waals surface area contributed by atoms with Gasteiger partial charge in [0.15, 0.2) is 11.5 Å². The second-order valence-electron chi connectivity index (χ2n) is 13.2. The van der Waals surface area contributed by atoms with Crippen molar-refractivity contribution < 1.29 is 19.0 Å². The normalized spacial score (nSPS) is 16.6. The third kappa shape index (κ3) is 8.99. The van der Waals surface area contributed by atoms with Gasteiger partial charge in [0.05, 0.1) is 19.2 Å². The van der Waals surface area contributed by atoms with Crippen LogP contribution >= 0.6 is 0 Å². The van der Waals surface area contributed by atoms with E-state index in [4.69, 9.17) is 14.2 Å². The Hall–Kier alpha value is -3.56. The number of carbonyl (C=O) groups is 1. The number of aromatic nitrogens is 1. The molecule has 2 saturated heterocycles. The average Bonchev–Trinajstić information content (AvgIpc) is 3.55. The van der Waals surface area contributed by atoms with Crippen LogP contribution in [0.5, 0.6) is 23.0 Å². The maximum absolute atomic E-state index is 12.2. The molecule has 2 aromatic carbocycles. The summed E-state index contributed by atoms with van der Waals surface area (Å²) in [5.41, 5.74) is 1.64. The maximum atomic E-state index is 12.2. The summed E-state index contributed by atoms with van der Waals surface area (Å²) >= 11 is 0. The van der Waals surface area contributed by atoms with Crippen LogP contribution < -0.4 is 24.8 Å². The van der Waals surface area contributed by atoms with E-state index in [0.717, 1.165) is 36.3 Å². The Balaban J connectivity index is 1.12. The van der Waals surface area contributed by atoms with Crippen molar-refractivity contribution in [3.05, 3.63) is 48.7 Å². The van der Waals surface area contributed by atoms with Crippen molar-refractivity contribution >= 4 is 22.6 Å². The second-order valence-corrected chi connectivity index (χ2v) is 13.2. The maximum Gasteiger partial charge on any atom is 0.319 e. The monoisotopic (exact) mass is 603 g/mol. The molecule has 2 amide bonds. The lowest BCUT2D eigenvalue weighted by Gasteiger charge is -2.36. The molecule has 0 unspecified atom stereocenters. The van der Waals surface area contributed by atoms with Gasteiger partial charge in [-0.15, -0.1) is 0 Å². The zero-order valence-electron chi connectivity index (χ0n) is 26.9. The number of rotatable bonds is 12. The molecule has 0 radical (unpaired) electrons. The van der Waals surface area contributed by atoms with Crippen LogP contribution in [0.4, 0.5) is 10.5 Å². The van der Waals surface area contributed by atoms with Crippen LogP contribution in [-0.4, -0.2) is 79.8 Å². The Morgan fingerprint density at radius 1 is 0.977 bits per heavy atom. The third-order valence-corrected chi connectivity index (χ3v) is 8.58. The lowest BCUT2D eigenvalue weighted by molar-refractivity contribution is 0.122. The zero-order chi connectivity index (χ0) is 30.9. The highest BCUT2D eigenvalue weighted by atomic mass is 16.5. The first-order valence-electron chi connectivity index (χ1n) is 16.2. The molecule has 2 aliphatic heterocycles. The molecule has 3 heterocycles. The minimum absolute atomic E-state index is 0.173. The van der Waals surface area contributed by atoms with Gasteiger partial charge >= 0.3 is 6.03 Å². The van der Waals surface area contributed by atoms with Crippen LogP contribution in [0.1, 0.15) is 59.3 Å². The van der Waals surface area contributed by atoms with Crippen LogP contribution in [0.3, 0.4) is 0 Å². The fraction of sp³-hybridized carbons (Fsp3) is 0.543. The molecule has 9 nitrogen and oxygen atoms in total. The number of amides is 2. The van der Waals surface area contributed by atoms with Gasteiger partial charge in [0.2, 0.25) is 0 Å². The molecule has 9 heteroatoms. The smallest absolute Gasteiger partial charge is 0.319 e. The van der Waals surface area contributed by atoms with E-state index in [0.29, 0.717) is 41.8 Å². The Morgan fingerprint density at radius 3 is 2.43 bits per heavy atom. The SMILES string of the molecule is COc1cc2c(Oc3ccc(NC(=O)NCCC(C)(C)C)cc3)ccnc2cc1OCCCN1CCC(N2CCCC2)CC1. The number of fused-ring (bicyclic) bond motifs is 1. The Labute approximate surface area is 262 Å². The largest absolute Gasteiger partial charge is 0.493 e. The molecule has 2 N–H and O–H groups in total. The summed E-state index contributed by atoms with van der Waals surface area (Å²) in [7, 11) is 1.65. The number of benzene rings is 2. The van der Waals surface area contributed by atoms with Crippen molar-refractivity contribution in [2.45, 2.75) is 65.3 Å². The number of carbonyl (C=O) groups excluding carboxylic acids is 1. The summed E-state index contributed by atoms with van der Waals surface area (Å²) in [5.74, 6) is 2.66. The number of urea groups is 1. The van der Waals surface area contributed by atoms with Gasteiger partial charge in [0.25, 0.3) is 0 Å². The number of anilines is 1. The van der Waals surface area contributed by atoms with E-state index in [9.17, 15) is 4.79 Å². The summed E-state index contributed by atoms with van der Waals surface area (Å²) < 4.78 is 18.1. The molecule has 2 fully saturated rings. The number of hydrogen-bond acceptors (Lipinski definition) is 7. The lowest BCUT2D eigenvalue weighted by Crippen LogP contribution is -2.44. The molecule has 44 heavy (non-hydrogen) atoms. The number of piperidine rings is 1. The lowest BCUT2D eigenvalue weighted by atomic mass is 9.92. The molecule has 2 aliphatic rings. The summed E-state index contributed by atoms with van der Waals surface area (Å²) in [6.07, 6.45) is 8.91. The molecule has 0 aliphatic carbocycles. The van der Waals surface area contributed by atoms with Gasteiger partial charge in [0, 0.05) is 42.5 Å². The quantitative estimate of drug-likeness (QED) is 0.217. The number of nitrogens with zero attached hydrogens (tertiary/aromatic N) is 3. The molecule has 1 aromatic heterocycles. The van der Waals surface area contributed by atoms with Crippen LogP contribution in [0.25, 0.3) is 10.9 Å². The number of nitrogens with one attached hydrogen (secondary N) is 2. The van der Waals surface area contributed by atoms with Crippen LogP contribution in [0.2, 0.25) is 0 Å². The average molecular weight is 604 g/mol. The topological polar surface area (TPSA) is 88.2 Å². The van der Waals surface area contributed by atoms with Gasteiger partial charge < -0.3 is 34.6 Å². The van der Waals surface area contributed by atoms with Crippen LogP contribution in [-0.2, 0) is 0 Å². The third-order valence-electron chi connectivity index (χ3n) is 8.58. The van der Waals surface area contributed by atoms with Crippen molar-refractivity contribution in [2.75, 3.05) is 58.3 Å². The van der Waals surface area contributed by atoms with Gasteiger partial charge in [-0.3, -0.25) is 4.98 Å². The van der Waals surface area contributed by atoms with Gasteiger partial charge in [-0.25, -0.2) is 4.79 Å². The van der Waals surface area contributed by atoms with Gasteiger partial charge in [-0.05, 0) is 107 Å². The van der Waals surface area contributed by atoms with Crippen molar-refractivity contribution in [3.8, 4) is 23.0 Å². The minimum Gasteiger partial charge on any atom is -0.493 e. The molecule has 238 valence electrons. The van der Waals surface area contributed by atoms with E-state index in [2.05, 4.69) is 46.2 Å². The van der Waals surface area contributed by atoms with E-state index >= 15 is 0 Å². The fourth-order valence-electron chi connectivity index (χ4n) is 6.03. The summed E-state index contributed by atoms with van der Waals surface area (Å²) in [6, 6.07) is 13.6. The number of likely N-dealkylation sites (tertiary alicyclic amines) is 2. The minimum atomic E-state index is -0.217. The first kappa shape index (κ1) is 31.9. The van der Waals surface area contributed by atoms with E-state index in [1.807, 2.05) is 42.5 Å². The Kier molecular flexibility index (Phi) is 10.8. The first-order chi connectivity index (χ1) is 21.3. The van der Waals surface area contributed by atoms with Crippen molar-refractivity contribution in [1.82, 2.24) is 20.1 Å². The number of ether oxygens (including phenoxy) is 3. The van der Waals surface area contributed by atoms with E-state index in [1.54, 1.807) is 13.3 Å². The standard InChI is InChI=1S/C35H49N5O4/c1-35(2,3)15-17-37-34(41)38-26-8-10-28(11-9-26)44-31-12-16-36-30-25-33(32(42-4)24-29(30)31)43-23-7-18-39-21-13-27(14-22-39)40-19-5-6-20-40/h8-12,16,24-25,27H,5-7,13-15,17-23H2,1-4H3,(H2,37,38,41). The molecular formula is C35H49N5O4. The summed E-state index contributed by atoms with van der Waals surface area (Å²) in [6.45, 7) is 13.7. The highest BCUT2D eigenvalue weighted by Gasteiger charge is 2.26. The number of hydrogen-bond donors (Lipinski definition) is 2. The van der Waals surface area contributed by atoms with Crippen molar-refractivity contribution in [2.24, 2.45) is 5.41 Å². The first-order valence-corrected chi connectivity index (χ1v) is 16.2. The van der Waals surface area contributed by atoms with E-state index < -0.39 is 0 Å². The molecule has 3 aromatic rings. The number of methoxy groups -OCH3 is 1. The van der Waals surface area contributed by atoms with E-state index in [1.165, 1.54) is 51.9 Å². The Morgan fingerprint density at radius 2 is 1.73 bits per heavy atom. The molecule has 0 bridgehead atoms. The van der Waals surface area contributed by atoms with Gasteiger partial charge in [0.1, 0.15) is 11.5 Å². The zero-order valence-corrected chi connectivity index (χ0v) is 26.9. The highest BCUT2D eigenvalue weighted by molar-refractivity contribution is 5.89. The fourth-order valence-corrected chi connectivity index (χ4v) is 6.03. The highest BCUT2D eigenvalue weighted by Crippen LogP contribution is 2.37. The molecular weight excluding hydrogens is 554 g/mol.